The van der Waals surface area contributed by atoms with Crippen LogP contribution in [0.3, 0.4) is 0 Å². The van der Waals surface area contributed by atoms with Crippen LogP contribution in [0.15, 0.2) is 111 Å². The standard InChI is InChI=1S/C89H115N21O29S3/c1-44-38-140-41-64(113)92-24-27-108-86(137)109-28-25-93-65(114)42-141-39-61(72(91)122)104-84(134)71(89(3,4)5)107-81(131)60(36-69(120)121)103-78(128)56(31-47-18-20-51(111)21-19-47)100-76(126)55(30-46-12-7-6-8-13-46)95-37-50(33-68(118)119)97-77(127)58-34-53(85(135)136)70(83(133)105-62(82(132)102-58)40-142-43-66(115)94-26-29-110(87(108)138)88(109)139)106-80(130)57(32-49-16-11-15-48-14-9-10-17-52(48)49)101-75(125)54(22-23-67(116)117)98-79(129)59(35-63(90)112)99-74(124)45(2)96-73(44)123/h6-21,44-45,50,53-62,70-71,95,111H,22-43H2,1-5H3,(H2,90,112)(H2,91,122)(H,92,113)(H,93,114)(H,94,115)(H,96,123)(H,97,127)(H,98,129)(H,99,124)(H,100,126)(H,101,125)(H,102,132)(H,103,128)(H,104,134)(H,105,133)(H,106,130)(H,107,131)(H,116,117)(H,118,119)(H,120,121)(H,135,136)/t44-,45+,50-,53?,54-,55-,56-,57-,58-,59-,60-,61-,62-,70+,71+/m0/s1. The third kappa shape index (κ3) is 34.6. The quantitative estimate of drug-likeness (QED) is 0.0411. The number of thioether (sulfide) groups is 3. The minimum Gasteiger partial charge on any atom is -0.508 e. The number of nitrogens with one attached hydrogen (secondary N) is 16. The van der Waals surface area contributed by atoms with E-state index in [2.05, 4.69) is 85.1 Å². The van der Waals surface area contributed by atoms with Gasteiger partial charge in [0.15, 0.2) is 0 Å². The van der Waals surface area contributed by atoms with Crippen molar-refractivity contribution in [2.75, 3.05) is 60.7 Å². The van der Waals surface area contributed by atoms with Crippen molar-refractivity contribution in [2.24, 2.45) is 28.7 Å². The van der Waals surface area contributed by atoms with Crippen LogP contribution in [0.4, 0.5) is 0 Å². The summed E-state index contributed by atoms with van der Waals surface area (Å²) >= 11 is 2.21. The number of phenols is 1. The van der Waals surface area contributed by atoms with Gasteiger partial charge in [-0.25, -0.2) is 28.1 Å². The Balaban J connectivity index is 1.26. The molecular formula is C89H115N21O29S3. The predicted octanol–water partition coefficient (Wildman–Crippen LogP) is -7.91. The van der Waals surface area contributed by atoms with Gasteiger partial charge in [0.2, 0.25) is 100 Å². The molecule has 1 unspecified atom stereocenters. The Labute approximate surface area is 822 Å². The summed E-state index contributed by atoms with van der Waals surface area (Å²) in [4.78, 5) is 340. The number of rotatable bonds is 17. The largest absolute Gasteiger partial charge is 0.508 e. The highest BCUT2D eigenvalue weighted by Gasteiger charge is 2.46. The number of carbonyl (C=O) groups is 21. The molecule has 3 aliphatic rings. The monoisotopic (exact) mass is 2040 g/mol. The molecule has 3 aliphatic heterocycles. The van der Waals surface area contributed by atoms with Crippen LogP contribution in [0.1, 0.15) is 89.8 Å². The number of primary amides is 2. The van der Waals surface area contributed by atoms with Gasteiger partial charge < -0.3 is 122 Å². The Morgan fingerprint density at radius 2 is 0.894 bits per heavy atom. The van der Waals surface area contributed by atoms with Crippen molar-refractivity contribution in [3.8, 4) is 5.75 Å². The Morgan fingerprint density at radius 1 is 0.423 bits per heavy atom. The van der Waals surface area contributed by atoms with E-state index < -0.39 is 357 Å². The van der Waals surface area contributed by atoms with Crippen LogP contribution in [0, 0.1) is 17.3 Å². The highest BCUT2D eigenvalue weighted by molar-refractivity contribution is 8.00. The molecule has 4 aromatic carbocycles. The number of amides is 17. The Kier molecular flexibility index (Phi) is 42.4. The fourth-order valence-electron chi connectivity index (χ4n) is 15.0. The van der Waals surface area contributed by atoms with E-state index in [0.29, 0.717) is 41.8 Å². The Morgan fingerprint density at radius 3 is 1.46 bits per heavy atom. The van der Waals surface area contributed by atoms with E-state index in [-0.39, 0.29) is 34.8 Å². The van der Waals surface area contributed by atoms with Crippen molar-refractivity contribution in [3.05, 3.63) is 145 Å². The number of carbonyl (C=O) groups excluding carboxylic acids is 17. The zero-order chi connectivity index (χ0) is 105. The van der Waals surface area contributed by atoms with Crippen LogP contribution >= 0.6 is 35.3 Å². The van der Waals surface area contributed by atoms with Crippen molar-refractivity contribution in [2.45, 2.75) is 191 Å². The molecule has 0 radical (unpaired) electrons. The second kappa shape index (κ2) is 53.6. The number of phenolic OH excluding ortho intramolecular Hbond substituents is 1. The summed E-state index contributed by atoms with van der Waals surface area (Å²) in [5.41, 5.74) is 6.98. The lowest BCUT2D eigenvalue weighted by Gasteiger charge is -2.33. The van der Waals surface area contributed by atoms with Crippen LogP contribution < -0.4 is 114 Å². The number of aromatic hydroxyl groups is 1. The van der Waals surface area contributed by atoms with Crippen LogP contribution in [0.5, 0.6) is 5.75 Å². The fourth-order valence-corrected chi connectivity index (χ4v) is 17.7. The van der Waals surface area contributed by atoms with Gasteiger partial charge in [0.1, 0.15) is 72.2 Å². The lowest BCUT2D eigenvalue weighted by Crippen LogP contribution is -2.62. The Hall–Kier alpha value is -14.8. The summed E-state index contributed by atoms with van der Waals surface area (Å²) in [6.45, 7) is 2.51. The van der Waals surface area contributed by atoms with Gasteiger partial charge in [-0.2, -0.15) is 11.8 Å². The second-order valence-corrected chi connectivity index (χ2v) is 37.9. The zero-order valence-electron chi connectivity index (χ0n) is 77.7. The molecule has 53 heteroatoms. The molecule has 0 spiro atoms. The van der Waals surface area contributed by atoms with Gasteiger partial charge in [0.05, 0.1) is 54.5 Å². The number of aromatic nitrogens is 3. The lowest BCUT2D eigenvalue weighted by atomic mass is 9.85. The third-order valence-corrected chi connectivity index (χ3v) is 25.9. The molecule has 0 saturated carbocycles. The van der Waals surface area contributed by atoms with Crippen molar-refractivity contribution in [1.29, 1.82) is 0 Å². The average Bonchev–Trinajstić information content (AvgIpc) is 0.831. The van der Waals surface area contributed by atoms with E-state index in [1.54, 1.807) is 66.7 Å². The van der Waals surface area contributed by atoms with Gasteiger partial charge >= 0.3 is 40.9 Å². The molecule has 0 aliphatic carbocycles. The molecule has 1 fully saturated rings. The molecule has 1 aromatic heterocycles. The second-order valence-electron chi connectivity index (χ2n) is 34.8. The first kappa shape index (κ1) is 113. The van der Waals surface area contributed by atoms with Crippen LogP contribution in [-0.2, 0) is 140 Å². The van der Waals surface area contributed by atoms with E-state index in [4.69, 9.17) is 11.5 Å². The molecule has 6 bridgehead atoms. The van der Waals surface area contributed by atoms with E-state index in [0.717, 1.165) is 23.5 Å². The number of carboxylic acids is 4. The number of hydrogen-bond acceptors (Lipinski definition) is 29. The molecule has 5 aromatic rings. The summed E-state index contributed by atoms with van der Waals surface area (Å²) in [6.07, 6.45) is -7.67. The number of nitrogens with zero attached hydrogens (tertiary/aromatic N) is 3. The zero-order valence-corrected chi connectivity index (χ0v) is 80.2. The predicted molar refractivity (Wildman–Crippen MR) is 509 cm³/mol. The lowest BCUT2D eigenvalue weighted by molar-refractivity contribution is -0.147. The SMILES string of the molecule is C[C@H]1CSCC(=O)NCCn2c(=O)n3c(=O)n(c2=O)CCNC(=O)CSC[C@@H]2NC(=O)[C@H](NC(=O)[C@H](Cc4cccc5ccccc45)NC(=O)[C@H](CCC(=O)O)NC(=O)[C@H](CC(N)=O)NC(=O)[C@@H](C)NC1=O)C(C(=O)O)C[C@H](NC2=O)C(=O)N[C@@H](CC(=O)O)CN[C@@H](Cc1ccccc1)C(=O)N[C@@H](Cc1ccc(O)cc1)C(=O)N[C@@H](CC(=O)O)C(=O)N[C@@H](C(C)(C)C)C(=O)N[C@H](C(N)=O)CSCC(=O)NCC3. The average molecular weight is 2040 g/mol. The van der Waals surface area contributed by atoms with Gasteiger partial charge in [-0.15, -0.1) is 23.5 Å². The molecule has 1 saturated heterocycles. The number of carboxylic acid groups (broad SMARTS) is 4. The van der Waals surface area contributed by atoms with Crippen molar-refractivity contribution in [3.63, 3.8) is 0 Å². The van der Waals surface area contributed by atoms with Gasteiger partial charge in [-0.05, 0) is 71.2 Å². The van der Waals surface area contributed by atoms with Crippen LogP contribution in [0.2, 0.25) is 0 Å². The van der Waals surface area contributed by atoms with E-state index in [1.165, 1.54) is 65.0 Å². The van der Waals surface area contributed by atoms with Crippen molar-refractivity contribution < 1.29 is 126 Å². The van der Waals surface area contributed by atoms with Crippen molar-refractivity contribution in [1.82, 2.24) is 98.8 Å². The molecule has 4 heterocycles. The summed E-state index contributed by atoms with van der Waals surface area (Å²) in [5, 5.41) is 92.6. The first-order chi connectivity index (χ1) is 67.1. The summed E-state index contributed by atoms with van der Waals surface area (Å²) in [6, 6.07) is -0.715. The Bertz CT molecular complexity index is 5740. The van der Waals surface area contributed by atoms with Gasteiger partial charge in [-0.1, -0.05) is 113 Å². The maximum atomic E-state index is 15.6. The first-order valence-electron chi connectivity index (χ1n) is 44.7. The van der Waals surface area contributed by atoms with Crippen LogP contribution in [0.25, 0.3) is 10.8 Å². The molecule has 768 valence electrons. The van der Waals surface area contributed by atoms with Gasteiger partial charge in [-0.3, -0.25) is 101 Å². The van der Waals surface area contributed by atoms with Crippen molar-refractivity contribution >= 4 is 170 Å². The highest BCUT2D eigenvalue weighted by Crippen LogP contribution is 2.25. The molecule has 15 atom stereocenters. The van der Waals surface area contributed by atoms with Gasteiger partial charge in [0.25, 0.3) is 0 Å². The number of aliphatic carboxylic acids is 4. The topological polar surface area (TPSA) is 770 Å². The number of nitrogens with two attached hydrogens (primary N) is 2. The normalized spacial score (nSPS) is 24.7. The summed E-state index contributed by atoms with van der Waals surface area (Å²) in [5.74, 6) is -33.3. The molecule has 8 rings (SSSR count). The van der Waals surface area contributed by atoms with Gasteiger partial charge in [0, 0.05) is 88.3 Å². The number of hydrogen-bond donors (Lipinski definition) is 23. The number of benzene rings is 4. The van der Waals surface area contributed by atoms with E-state index >= 15 is 28.8 Å². The minimum atomic E-state index is -2.49. The molecule has 17 amide bonds. The van der Waals surface area contributed by atoms with E-state index in [9.17, 15) is 112 Å². The van der Waals surface area contributed by atoms with E-state index in [1.807, 2.05) is 0 Å². The number of fused-ring (bicyclic) bond motifs is 13. The molecule has 25 N–H and O–H groups in total. The minimum absolute atomic E-state index is 0.106. The molecule has 50 nitrogen and oxygen atoms in total. The highest BCUT2D eigenvalue weighted by atomic mass is 32.2. The fraction of sp³-hybridized carbons (Fsp3) is 0.483. The third-order valence-electron chi connectivity index (χ3n) is 22.6. The first-order valence-corrected chi connectivity index (χ1v) is 48.2. The summed E-state index contributed by atoms with van der Waals surface area (Å²) < 4.78 is 1.59. The summed E-state index contributed by atoms with van der Waals surface area (Å²) in [7, 11) is 0. The maximum absolute atomic E-state index is 15.6. The maximum Gasteiger partial charge on any atom is 0.336 e. The molecular weight excluding hydrogens is 1920 g/mol. The van der Waals surface area contributed by atoms with Crippen LogP contribution in [-0.4, -0.2) is 303 Å². The smallest absolute Gasteiger partial charge is 0.336 e. The molecule has 142 heavy (non-hydrogen) atoms.